The Morgan fingerprint density at radius 2 is 1.51 bits per heavy atom. The van der Waals surface area contributed by atoms with Crippen molar-refractivity contribution in [2.45, 2.75) is 103 Å². The van der Waals surface area contributed by atoms with Crippen LogP contribution in [0.3, 0.4) is 0 Å². The molecular formula is C34H50N4O8Si. The monoisotopic (exact) mass is 670 g/mol. The van der Waals surface area contributed by atoms with Gasteiger partial charge in [-0.05, 0) is 56.5 Å². The van der Waals surface area contributed by atoms with Crippen LogP contribution in [0.2, 0.25) is 18.1 Å². The Kier molecular flexibility index (Phi) is 14.1. The molecule has 2 aromatic rings. The summed E-state index contributed by atoms with van der Waals surface area (Å²) >= 11 is 0. The summed E-state index contributed by atoms with van der Waals surface area (Å²) in [7, 11) is -2.36. The molecule has 0 aliphatic rings. The smallest absolute Gasteiger partial charge is 0.413 e. The molecule has 2 rings (SSSR count). The second-order valence-corrected chi connectivity index (χ2v) is 18.7. The van der Waals surface area contributed by atoms with Gasteiger partial charge in [-0.15, -0.1) is 0 Å². The Morgan fingerprint density at radius 1 is 0.894 bits per heavy atom. The third-order valence-corrected chi connectivity index (χ3v) is 12.1. The van der Waals surface area contributed by atoms with Gasteiger partial charge in [0, 0.05) is 18.2 Å². The average molecular weight is 671 g/mol. The van der Waals surface area contributed by atoms with E-state index < -0.39 is 44.2 Å². The van der Waals surface area contributed by atoms with E-state index in [-0.39, 0.29) is 49.2 Å². The maximum Gasteiger partial charge on any atom is 0.413 e. The highest BCUT2D eigenvalue weighted by atomic mass is 28.4. The van der Waals surface area contributed by atoms with Crippen molar-refractivity contribution < 1.29 is 38.2 Å². The standard InChI is InChI=1S/C34H50N4O8Si/c1-33(2,3)45-32(43)38-30(35)25-16-14-23(15-17-25)18-28(39)36-21-27(46-47(7,8)34(4,5)6)19-26(20-29(40)41)37-31(42)44-22-24-12-10-9-11-13-24/h9-17,26-27H,18-22H2,1-8H3,(H,36,39)(H,37,42)(H,40,41)(H2,35,38,43)/t26-,27-/m0/s1. The molecule has 13 heteroatoms. The number of carboxylic acids is 1. The summed E-state index contributed by atoms with van der Waals surface area (Å²) in [5.74, 6) is -1.51. The summed E-state index contributed by atoms with van der Waals surface area (Å²) in [5.41, 5.74) is 1.23. The van der Waals surface area contributed by atoms with E-state index in [0.29, 0.717) is 11.1 Å². The van der Waals surface area contributed by atoms with E-state index in [1.807, 2.05) is 30.3 Å². The highest BCUT2D eigenvalue weighted by Gasteiger charge is 2.40. The number of alkyl carbamates (subject to hydrolysis) is 2. The fraction of sp³-hybridized carbons (Fsp3) is 0.500. The lowest BCUT2D eigenvalue weighted by Gasteiger charge is -2.40. The quantitative estimate of drug-likeness (QED) is 0.0959. The first-order valence-corrected chi connectivity index (χ1v) is 18.5. The Balaban J connectivity index is 2.06. The first-order valence-electron chi connectivity index (χ1n) is 15.6. The van der Waals surface area contributed by atoms with Crippen LogP contribution in [0, 0.1) is 5.41 Å². The lowest BCUT2D eigenvalue weighted by Crippen LogP contribution is -2.49. The number of aliphatic carboxylic acids is 1. The van der Waals surface area contributed by atoms with Gasteiger partial charge in [-0.3, -0.25) is 20.3 Å². The number of nitrogens with one attached hydrogen (secondary N) is 4. The summed E-state index contributed by atoms with van der Waals surface area (Å²) < 4.78 is 17.1. The first kappa shape index (κ1) is 38.9. The van der Waals surface area contributed by atoms with E-state index >= 15 is 0 Å². The van der Waals surface area contributed by atoms with Crippen LogP contribution in [0.5, 0.6) is 0 Å². The third kappa shape index (κ3) is 14.8. The molecule has 47 heavy (non-hydrogen) atoms. The Hall–Kier alpha value is -4.23. The molecule has 0 unspecified atom stereocenters. The molecule has 0 heterocycles. The summed E-state index contributed by atoms with van der Waals surface area (Å²) in [6.07, 6.45) is -2.22. The van der Waals surface area contributed by atoms with Gasteiger partial charge in [0.25, 0.3) is 0 Å². The van der Waals surface area contributed by atoms with Crippen LogP contribution < -0.4 is 16.0 Å². The first-order chi connectivity index (χ1) is 21.7. The minimum Gasteiger partial charge on any atom is -0.481 e. The zero-order valence-corrected chi connectivity index (χ0v) is 29.7. The lowest BCUT2D eigenvalue weighted by molar-refractivity contribution is -0.137. The van der Waals surface area contributed by atoms with E-state index in [4.69, 9.17) is 19.3 Å². The molecule has 0 bridgehead atoms. The number of ether oxygens (including phenoxy) is 2. The molecule has 0 aliphatic carbocycles. The minimum absolute atomic E-state index is 0.0365. The molecule has 12 nitrogen and oxygen atoms in total. The maximum absolute atomic E-state index is 13.0. The van der Waals surface area contributed by atoms with Crippen molar-refractivity contribution in [3.63, 3.8) is 0 Å². The van der Waals surface area contributed by atoms with E-state index in [0.717, 1.165) is 5.56 Å². The number of amides is 3. The molecule has 0 radical (unpaired) electrons. The van der Waals surface area contributed by atoms with Crippen molar-refractivity contribution in [1.29, 1.82) is 5.41 Å². The third-order valence-electron chi connectivity index (χ3n) is 7.53. The zero-order chi connectivity index (χ0) is 35.4. The fourth-order valence-corrected chi connectivity index (χ4v) is 5.53. The molecule has 258 valence electrons. The number of hydrogen-bond donors (Lipinski definition) is 5. The predicted molar refractivity (Wildman–Crippen MR) is 182 cm³/mol. The summed E-state index contributed by atoms with van der Waals surface area (Å²) in [6.45, 7) is 15.7. The van der Waals surface area contributed by atoms with Crippen LogP contribution in [-0.4, -0.2) is 67.6 Å². The average Bonchev–Trinajstić information content (AvgIpc) is 2.93. The molecule has 0 aromatic heterocycles. The van der Waals surface area contributed by atoms with Gasteiger partial charge in [0.2, 0.25) is 5.91 Å². The largest absolute Gasteiger partial charge is 0.481 e. The van der Waals surface area contributed by atoms with Gasteiger partial charge in [-0.1, -0.05) is 75.4 Å². The fourth-order valence-electron chi connectivity index (χ4n) is 4.16. The molecule has 3 amide bonds. The molecule has 0 aliphatic heterocycles. The molecule has 5 N–H and O–H groups in total. The van der Waals surface area contributed by atoms with Gasteiger partial charge < -0.3 is 29.6 Å². The van der Waals surface area contributed by atoms with Crippen molar-refractivity contribution in [1.82, 2.24) is 16.0 Å². The van der Waals surface area contributed by atoms with Crippen molar-refractivity contribution >= 4 is 38.2 Å². The molecule has 0 saturated heterocycles. The molecule has 0 spiro atoms. The minimum atomic E-state index is -2.36. The van der Waals surface area contributed by atoms with E-state index in [1.54, 1.807) is 45.0 Å². The zero-order valence-electron chi connectivity index (χ0n) is 28.7. The number of hydrogen-bond acceptors (Lipinski definition) is 8. The second kappa shape index (κ2) is 17.1. The van der Waals surface area contributed by atoms with Gasteiger partial charge in [0.15, 0.2) is 8.32 Å². The molecular weight excluding hydrogens is 620 g/mol. The highest BCUT2D eigenvalue weighted by molar-refractivity contribution is 6.74. The number of carbonyl (C=O) groups is 4. The number of benzene rings is 2. The number of rotatable bonds is 14. The Morgan fingerprint density at radius 3 is 2.06 bits per heavy atom. The highest BCUT2D eigenvalue weighted by Crippen LogP contribution is 2.37. The summed E-state index contributed by atoms with van der Waals surface area (Å²) in [4.78, 5) is 49.3. The normalized spacial score (nSPS) is 13.1. The number of carboxylic acid groups (broad SMARTS) is 1. The molecule has 2 atom stereocenters. The van der Waals surface area contributed by atoms with Crippen LogP contribution >= 0.6 is 0 Å². The molecule has 0 saturated carbocycles. The molecule has 2 aromatic carbocycles. The van der Waals surface area contributed by atoms with Gasteiger partial charge in [0.1, 0.15) is 18.0 Å². The molecule has 0 fully saturated rings. The summed E-state index contributed by atoms with van der Waals surface area (Å²) in [6, 6.07) is 15.0. The van der Waals surface area contributed by atoms with Crippen molar-refractivity contribution in [2.24, 2.45) is 0 Å². The lowest BCUT2D eigenvalue weighted by atomic mass is 10.1. The maximum atomic E-state index is 13.0. The summed E-state index contributed by atoms with van der Waals surface area (Å²) in [5, 5.41) is 25.5. The number of carbonyl (C=O) groups excluding carboxylic acids is 3. The van der Waals surface area contributed by atoms with Crippen LogP contribution in [0.15, 0.2) is 54.6 Å². The van der Waals surface area contributed by atoms with Gasteiger partial charge >= 0.3 is 18.2 Å². The van der Waals surface area contributed by atoms with Gasteiger partial charge in [-0.25, -0.2) is 9.59 Å². The van der Waals surface area contributed by atoms with Gasteiger partial charge in [0.05, 0.1) is 18.9 Å². The van der Waals surface area contributed by atoms with Crippen LogP contribution in [-0.2, 0) is 36.5 Å². The van der Waals surface area contributed by atoms with Gasteiger partial charge in [-0.2, -0.15) is 0 Å². The second-order valence-electron chi connectivity index (χ2n) is 13.9. The Bertz CT molecular complexity index is 1370. The van der Waals surface area contributed by atoms with Crippen molar-refractivity contribution in [3.05, 3.63) is 71.3 Å². The van der Waals surface area contributed by atoms with E-state index in [9.17, 15) is 24.3 Å². The van der Waals surface area contributed by atoms with Crippen LogP contribution in [0.25, 0.3) is 0 Å². The Labute approximate surface area is 278 Å². The predicted octanol–water partition coefficient (Wildman–Crippen LogP) is 5.75. The van der Waals surface area contributed by atoms with Crippen LogP contribution in [0.1, 0.15) is 71.1 Å². The SMILES string of the molecule is CC(C)(C)OC(=O)NC(=N)c1ccc(CC(=O)NC[C@H](C[C@@H](CC(=O)O)NC(=O)OCc2ccccc2)O[Si](C)(C)C(C)(C)C)cc1. The van der Waals surface area contributed by atoms with Crippen LogP contribution in [0.4, 0.5) is 9.59 Å². The van der Waals surface area contributed by atoms with Crippen molar-refractivity contribution in [3.8, 4) is 0 Å². The number of amidine groups is 1. The van der Waals surface area contributed by atoms with Crippen molar-refractivity contribution in [2.75, 3.05) is 6.54 Å². The van der Waals surface area contributed by atoms with E-state index in [2.05, 4.69) is 49.8 Å². The van der Waals surface area contributed by atoms with E-state index in [1.165, 1.54) is 0 Å². The topological polar surface area (TPSA) is 176 Å².